The minimum absolute atomic E-state index is 0.739. The SMILES string of the molecule is S=C=Nc1ccc(-c2cnco2)cc1. The van der Waals surface area contributed by atoms with Crippen molar-refractivity contribution in [3.05, 3.63) is 36.9 Å². The van der Waals surface area contributed by atoms with E-state index >= 15 is 0 Å². The van der Waals surface area contributed by atoms with Gasteiger partial charge in [-0.2, -0.15) is 4.99 Å². The van der Waals surface area contributed by atoms with E-state index in [4.69, 9.17) is 4.42 Å². The smallest absolute Gasteiger partial charge is 0.181 e. The number of hydrogen-bond donors (Lipinski definition) is 0. The van der Waals surface area contributed by atoms with Crippen molar-refractivity contribution in [1.82, 2.24) is 4.98 Å². The molecule has 0 saturated heterocycles. The van der Waals surface area contributed by atoms with Crippen molar-refractivity contribution in [1.29, 1.82) is 0 Å². The number of aromatic nitrogens is 1. The second-order valence-corrected chi connectivity index (χ2v) is 2.80. The van der Waals surface area contributed by atoms with Crippen molar-refractivity contribution in [2.45, 2.75) is 0 Å². The first-order valence-corrected chi connectivity index (χ1v) is 4.38. The number of nitrogens with zero attached hydrogens (tertiary/aromatic N) is 2. The standard InChI is InChI=1S/C10H6N2OS/c14-7-12-9-3-1-8(2-4-9)10-5-11-6-13-10/h1-6H. The Morgan fingerprint density at radius 1 is 1.29 bits per heavy atom. The number of thiocarbonyl (C=S) groups is 1. The molecule has 1 heterocycles. The van der Waals surface area contributed by atoms with Crippen LogP contribution in [0.3, 0.4) is 0 Å². The van der Waals surface area contributed by atoms with Crippen LogP contribution in [0, 0.1) is 0 Å². The third-order valence-electron chi connectivity index (χ3n) is 1.76. The molecule has 0 aliphatic rings. The van der Waals surface area contributed by atoms with Crippen molar-refractivity contribution in [3.8, 4) is 11.3 Å². The van der Waals surface area contributed by atoms with Gasteiger partial charge < -0.3 is 4.42 Å². The van der Waals surface area contributed by atoms with Gasteiger partial charge in [-0.1, -0.05) is 0 Å². The number of aliphatic imine (C=N–C) groups is 1. The Bertz CT molecular complexity index is 455. The molecule has 0 fully saturated rings. The molecule has 2 rings (SSSR count). The van der Waals surface area contributed by atoms with Crippen LogP contribution >= 0.6 is 12.2 Å². The minimum atomic E-state index is 0.739. The van der Waals surface area contributed by atoms with Gasteiger partial charge in [0.15, 0.2) is 12.2 Å². The summed E-state index contributed by atoms with van der Waals surface area (Å²) >= 11 is 4.50. The number of rotatable bonds is 2. The fourth-order valence-electron chi connectivity index (χ4n) is 1.11. The Balaban J connectivity index is 2.35. The quantitative estimate of drug-likeness (QED) is 0.555. The van der Waals surface area contributed by atoms with Gasteiger partial charge in [-0.05, 0) is 36.5 Å². The lowest BCUT2D eigenvalue weighted by molar-refractivity contribution is 0.572. The molecule has 0 atom stereocenters. The average Bonchev–Trinajstić information content (AvgIpc) is 2.72. The van der Waals surface area contributed by atoms with E-state index in [1.807, 2.05) is 24.3 Å². The van der Waals surface area contributed by atoms with Gasteiger partial charge in [0.1, 0.15) is 0 Å². The molecular formula is C10H6N2OS. The monoisotopic (exact) mass is 202 g/mol. The lowest BCUT2D eigenvalue weighted by Gasteiger charge is -1.95. The summed E-state index contributed by atoms with van der Waals surface area (Å²) in [5.74, 6) is 0.739. The third-order valence-corrected chi connectivity index (χ3v) is 1.85. The molecule has 0 N–H and O–H groups in total. The normalized spacial score (nSPS) is 9.43. The molecule has 1 aromatic carbocycles. The molecule has 0 aliphatic carbocycles. The van der Waals surface area contributed by atoms with Crippen LogP contribution in [0.4, 0.5) is 5.69 Å². The summed E-state index contributed by atoms with van der Waals surface area (Å²) in [5, 5.41) is 2.31. The lowest BCUT2D eigenvalue weighted by atomic mass is 10.2. The second kappa shape index (κ2) is 3.96. The highest BCUT2D eigenvalue weighted by atomic mass is 32.1. The van der Waals surface area contributed by atoms with E-state index in [9.17, 15) is 0 Å². The fraction of sp³-hybridized carbons (Fsp3) is 0. The Hall–Kier alpha value is -1.77. The van der Waals surface area contributed by atoms with Gasteiger partial charge in [0.25, 0.3) is 0 Å². The maximum atomic E-state index is 5.14. The molecule has 0 amide bonds. The molecule has 14 heavy (non-hydrogen) atoms. The minimum Gasteiger partial charge on any atom is -0.444 e. The predicted octanol–water partition coefficient (Wildman–Crippen LogP) is 3.08. The lowest BCUT2D eigenvalue weighted by Crippen LogP contribution is -1.71. The molecule has 4 heteroatoms. The van der Waals surface area contributed by atoms with E-state index in [1.54, 1.807) is 6.20 Å². The topological polar surface area (TPSA) is 38.4 Å². The molecule has 0 aliphatic heterocycles. The largest absolute Gasteiger partial charge is 0.444 e. The molecule has 0 bridgehead atoms. The van der Waals surface area contributed by atoms with Gasteiger partial charge in [-0.3, -0.25) is 0 Å². The van der Waals surface area contributed by atoms with E-state index in [0.717, 1.165) is 17.0 Å². The molecular weight excluding hydrogens is 196 g/mol. The maximum Gasteiger partial charge on any atom is 0.181 e. The van der Waals surface area contributed by atoms with Crippen LogP contribution in [0.5, 0.6) is 0 Å². The number of oxazole rings is 1. The maximum absolute atomic E-state index is 5.14. The fourth-order valence-corrected chi connectivity index (χ4v) is 1.22. The molecule has 1 aromatic heterocycles. The van der Waals surface area contributed by atoms with Crippen LogP contribution < -0.4 is 0 Å². The van der Waals surface area contributed by atoms with Crippen LogP contribution in [-0.4, -0.2) is 10.1 Å². The first kappa shape index (κ1) is 8.81. The highest BCUT2D eigenvalue weighted by Crippen LogP contribution is 2.21. The summed E-state index contributed by atoms with van der Waals surface area (Å²) < 4.78 is 5.14. The van der Waals surface area contributed by atoms with Crippen LogP contribution in [0.2, 0.25) is 0 Å². The van der Waals surface area contributed by atoms with E-state index in [-0.39, 0.29) is 0 Å². The van der Waals surface area contributed by atoms with Crippen LogP contribution in [0.1, 0.15) is 0 Å². The number of benzene rings is 1. The zero-order chi connectivity index (χ0) is 9.80. The van der Waals surface area contributed by atoms with Gasteiger partial charge in [0.2, 0.25) is 0 Å². The third kappa shape index (κ3) is 1.76. The average molecular weight is 202 g/mol. The van der Waals surface area contributed by atoms with Crippen molar-refractivity contribution >= 4 is 23.1 Å². The summed E-state index contributed by atoms with van der Waals surface area (Å²) in [6.07, 6.45) is 3.07. The van der Waals surface area contributed by atoms with Crippen molar-refractivity contribution in [2.24, 2.45) is 4.99 Å². The summed E-state index contributed by atoms with van der Waals surface area (Å²) in [5.41, 5.74) is 1.74. The van der Waals surface area contributed by atoms with Gasteiger partial charge in [-0.15, -0.1) is 0 Å². The Morgan fingerprint density at radius 3 is 2.64 bits per heavy atom. The van der Waals surface area contributed by atoms with Gasteiger partial charge in [0, 0.05) is 5.56 Å². The highest BCUT2D eigenvalue weighted by Gasteiger charge is 1.99. The van der Waals surface area contributed by atoms with E-state index in [1.165, 1.54) is 6.39 Å². The molecule has 0 saturated carbocycles. The Labute approximate surface area is 86.1 Å². The molecule has 68 valence electrons. The van der Waals surface area contributed by atoms with Gasteiger partial charge >= 0.3 is 0 Å². The molecule has 2 aromatic rings. The number of isothiocyanates is 1. The number of hydrogen-bond acceptors (Lipinski definition) is 4. The second-order valence-electron chi connectivity index (χ2n) is 2.62. The van der Waals surface area contributed by atoms with E-state index in [0.29, 0.717) is 0 Å². The molecule has 0 unspecified atom stereocenters. The Morgan fingerprint density at radius 2 is 2.07 bits per heavy atom. The van der Waals surface area contributed by atoms with Crippen LogP contribution in [0.25, 0.3) is 11.3 Å². The first-order valence-electron chi connectivity index (χ1n) is 3.97. The zero-order valence-electron chi connectivity index (χ0n) is 7.18. The van der Waals surface area contributed by atoms with E-state index in [2.05, 4.69) is 27.4 Å². The summed E-state index contributed by atoms with van der Waals surface area (Å²) in [4.78, 5) is 7.69. The van der Waals surface area contributed by atoms with Gasteiger partial charge in [-0.25, -0.2) is 4.98 Å². The van der Waals surface area contributed by atoms with Crippen molar-refractivity contribution in [3.63, 3.8) is 0 Å². The summed E-state index contributed by atoms with van der Waals surface area (Å²) in [6.45, 7) is 0. The summed E-state index contributed by atoms with van der Waals surface area (Å²) in [7, 11) is 0. The zero-order valence-corrected chi connectivity index (χ0v) is 7.99. The first-order chi connectivity index (χ1) is 6.90. The highest BCUT2D eigenvalue weighted by molar-refractivity contribution is 7.78. The molecule has 3 nitrogen and oxygen atoms in total. The van der Waals surface area contributed by atoms with E-state index < -0.39 is 0 Å². The van der Waals surface area contributed by atoms with Gasteiger partial charge in [0.05, 0.1) is 17.0 Å². The predicted molar refractivity (Wildman–Crippen MR) is 56.6 cm³/mol. The van der Waals surface area contributed by atoms with Crippen LogP contribution in [0.15, 0.2) is 46.3 Å². The van der Waals surface area contributed by atoms with Crippen molar-refractivity contribution in [2.75, 3.05) is 0 Å². The van der Waals surface area contributed by atoms with Crippen LogP contribution in [-0.2, 0) is 0 Å². The molecule has 0 radical (unpaired) electrons. The molecule has 0 spiro atoms. The Kier molecular flexibility index (Phi) is 2.49. The van der Waals surface area contributed by atoms with Crippen molar-refractivity contribution < 1.29 is 4.42 Å². The summed E-state index contributed by atoms with van der Waals surface area (Å²) in [6, 6.07) is 7.48.